The van der Waals surface area contributed by atoms with Crippen LogP contribution >= 0.6 is 11.3 Å². The van der Waals surface area contributed by atoms with Gasteiger partial charge in [-0.25, -0.2) is 9.97 Å². The van der Waals surface area contributed by atoms with E-state index in [9.17, 15) is 4.79 Å². The Hall–Kier alpha value is -2.87. The second-order valence-electron chi connectivity index (χ2n) is 7.51. The zero-order valence-electron chi connectivity index (χ0n) is 17.7. The summed E-state index contributed by atoms with van der Waals surface area (Å²) >= 11 is 1.71. The highest BCUT2D eigenvalue weighted by molar-refractivity contribution is 7.18. The summed E-state index contributed by atoms with van der Waals surface area (Å²) < 4.78 is 10.6. The van der Waals surface area contributed by atoms with E-state index in [1.807, 2.05) is 0 Å². The van der Waals surface area contributed by atoms with Crippen molar-refractivity contribution >= 4 is 39.0 Å². The lowest BCUT2D eigenvalue weighted by atomic mass is 9.95. The van der Waals surface area contributed by atoms with Crippen LogP contribution in [0.3, 0.4) is 0 Å². The predicted octanol–water partition coefficient (Wildman–Crippen LogP) is 4.18. The van der Waals surface area contributed by atoms with Crippen molar-refractivity contribution in [3.05, 3.63) is 35.0 Å². The summed E-state index contributed by atoms with van der Waals surface area (Å²) in [6.07, 6.45) is 3.20. The van der Waals surface area contributed by atoms with Crippen molar-refractivity contribution in [2.45, 2.75) is 26.7 Å². The maximum absolute atomic E-state index is 12.8. The topological polar surface area (TPSA) is 76.6 Å². The molecule has 0 spiro atoms. The van der Waals surface area contributed by atoms with Crippen molar-refractivity contribution < 1.29 is 14.3 Å². The van der Waals surface area contributed by atoms with E-state index in [1.165, 1.54) is 10.4 Å². The van der Waals surface area contributed by atoms with Gasteiger partial charge < -0.3 is 19.7 Å². The number of nitrogens with zero attached hydrogens (tertiary/aromatic N) is 3. The van der Waals surface area contributed by atoms with Crippen molar-refractivity contribution in [3.63, 3.8) is 0 Å². The number of benzene rings is 1. The molecule has 1 aromatic carbocycles. The first-order valence-corrected chi connectivity index (χ1v) is 10.8. The number of nitrogens with one attached hydrogen (secondary N) is 1. The molecule has 3 heterocycles. The number of hydrogen-bond acceptors (Lipinski definition) is 7. The molecule has 0 radical (unpaired) electrons. The quantitative estimate of drug-likeness (QED) is 0.660. The van der Waals surface area contributed by atoms with E-state index >= 15 is 0 Å². The molecule has 0 bridgehead atoms. The molecule has 3 aromatic rings. The summed E-state index contributed by atoms with van der Waals surface area (Å²) in [6, 6.07) is 5.38. The Morgan fingerprint density at radius 2 is 1.77 bits per heavy atom. The van der Waals surface area contributed by atoms with Gasteiger partial charge in [0.15, 0.2) is 0 Å². The van der Waals surface area contributed by atoms with E-state index in [1.54, 1.807) is 50.1 Å². The van der Waals surface area contributed by atoms with Crippen LogP contribution in [0.5, 0.6) is 11.5 Å². The van der Waals surface area contributed by atoms with E-state index in [-0.39, 0.29) is 11.8 Å². The van der Waals surface area contributed by atoms with Crippen LogP contribution in [-0.4, -0.2) is 43.2 Å². The van der Waals surface area contributed by atoms with Crippen LogP contribution in [-0.2, 0) is 4.79 Å². The number of anilines is 2. The fourth-order valence-electron chi connectivity index (χ4n) is 3.88. The molecule has 1 fully saturated rings. The van der Waals surface area contributed by atoms with Gasteiger partial charge in [0, 0.05) is 47.8 Å². The van der Waals surface area contributed by atoms with Crippen molar-refractivity contribution in [2.24, 2.45) is 5.92 Å². The number of amides is 1. The van der Waals surface area contributed by atoms with Gasteiger partial charge in [-0.15, -0.1) is 11.3 Å². The maximum atomic E-state index is 12.8. The second-order valence-corrected chi connectivity index (χ2v) is 8.72. The first kappa shape index (κ1) is 20.4. The molecule has 8 heteroatoms. The third-order valence-electron chi connectivity index (χ3n) is 5.73. The fraction of sp³-hybridized carbons (Fsp3) is 0.409. The Morgan fingerprint density at radius 3 is 2.40 bits per heavy atom. The van der Waals surface area contributed by atoms with Crippen molar-refractivity contribution in [1.82, 2.24) is 9.97 Å². The molecule has 0 saturated carbocycles. The smallest absolute Gasteiger partial charge is 0.227 e. The van der Waals surface area contributed by atoms with Gasteiger partial charge in [-0.2, -0.15) is 0 Å². The zero-order valence-corrected chi connectivity index (χ0v) is 18.5. The van der Waals surface area contributed by atoms with E-state index in [0.717, 1.165) is 42.0 Å². The number of hydrogen-bond donors (Lipinski definition) is 1. The van der Waals surface area contributed by atoms with Crippen LogP contribution in [0.4, 0.5) is 11.5 Å². The standard InChI is InChI=1S/C22H26N4O3S/c1-13-14(2)30-22-19(13)20(23-12-24-22)26-7-5-15(6-8-26)21(27)25-16-9-17(28-3)11-18(10-16)29-4/h9-12,15H,5-8H2,1-4H3,(H,25,27). The maximum Gasteiger partial charge on any atom is 0.227 e. The molecule has 1 aliphatic heterocycles. The van der Waals surface area contributed by atoms with Crippen LogP contribution in [0.2, 0.25) is 0 Å². The molecule has 1 amide bonds. The normalized spacial score (nSPS) is 14.7. The molecule has 0 atom stereocenters. The number of methoxy groups -OCH3 is 2. The summed E-state index contributed by atoms with van der Waals surface area (Å²) in [5.74, 6) is 2.27. The SMILES string of the molecule is COc1cc(NC(=O)C2CCN(c3ncnc4sc(C)c(C)c34)CC2)cc(OC)c1. The van der Waals surface area contributed by atoms with E-state index in [2.05, 4.69) is 34.0 Å². The van der Waals surface area contributed by atoms with E-state index in [4.69, 9.17) is 9.47 Å². The monoisotopic (exact) mass is 426 g/mol. The lowest BCUT2D eigenvalue weighted by molar-refractivity contribution is -0.120. The average molecular weight is 427 g/mol. The molecular formula is C22H26N4O3S. The Balaban J connectivity index is 1.45. The molecule has 2 aromatic heterocycles. The lowest BCUT2D eigenvalue weighted by Gasteiger charge is -2.32. The Kier molecular flexibility index (Phi) is 5.76. The Labute approximate surface area is 180 Å². The highest BCUT2D eigenvalue weighted by Gasteiger charge is 2.27. The molecule has 158 valence electrons. The first-order valence-electron chi connectivity index (χ1n) is 9.99. The van der Waals surface area contributed by atoms with Crippen molar-refractivity contribution in [2.75, 3.05) is 37.5 Å². The van der Waals surface area contributed by atoms with Gasteiger partial charge in [-0.3, -0.25) is 4.79 Å². The number of thiophene rings is 1. The minimum Gasteiger partial charge on any atom is -0.497 e. The number of aryl methyl sites for hydroxylation is 2. The summed E-state index contributed by atoms with van der Waals surface area (Å²) in [5, 5.41) is 4.16. The highest BCUT2D eigenvalue weighted by Crippen LogP contribution is 2.36. The summed E-state index contributed by atoms with van der Waals surface area (Å²) in [6.45, 7) is 5.83. The highest BCUT2D eigenvalue weighted by atomic mass is 32.1. The van der Waals surface area contributed by atoms with Crippen molar-refractivity contribution in [1.29, 1.82) is 0 Å². The first-order chi connectivity index (χ1) is 14.5. The Bertz CT molecular complexity index is 1050. The largest absolute Gasteiger partial charge is 0.497 e. The number of rotatable bonds is 5. The van der Waals surface area contributed by atoms with E-state index < -0.39 is 0 Å². The molecule has 1 aliphatic rings. The van der Waals surface area contributed by atoms with Crippen LogP contribution < -0.4 is 19.7 Å². The predicted molar refractivity (Wildman–Crippen MR) is 120 cm³/mol. The fourth-order valence-corrected chi connectivity index (χ4v) is 4.87. The van der Waals surface area contributed by atoms with Gasteiger partial charge in [-0.05, 0) is 32.3 Å². The van der Waals surface area contributed by atoms with Crippen LogP contribution in [0.25, 0.3) is 10.2 Å². The van der Waals surface area contributed by atoms with Crippen molar-refractivity contribution in [3.8, 4) is 11.5 Å². The molecule has 1 saturated heterocycles. The summed E-state index contributed by atoms with van der Waals surface area (Å²) in [7, 11) is 3.19. The minimum absolute atomic E-state index is 0.0281. The van der Waals surface area contributed by atoms with Gasteiger partial charge in [0.05, 0.1) is 19.6 Å². The van der Waals surface area contributed by atoms with Gasteiger partial charge in [0.2, 0.25) is 5.91 Å². The number of aromatic nitrogens is 2. The molecule has 1 N–H and O–H groups in total. The minimum atomic E-state index is -0.0407. The molecule has 4 rings (SSSR count). The second kappa shape index (κ2) is 8.47. The number of carbonyl (C=O) groups excluding carboxylic acids is 1. The van der Waals surface area contributed by atoms with E-state index in [0.29, 0.717) is 17.2 Å². The number of carbonyl (C=O) groups is 1. The number of fused-ring (bicyclic) bond motifs is 1. The Morgan fingerprint density at radius 1 is 1.10 bits per heavy atom. The molecular weight excluding hydrogens is 400 g/mol. The molecule has 0 unspecified atom stereocenters. The third kappa shape index (κ3) is 3.92. The van der Waals surface area contributed by atoms with Gasteiger partial charge >= 0.3 is 0 Å². The number of ether oxygens (including phenoxy) is 2. The van der Waals surface area contributed by atoms with Crippen LogP contribution in [0.1, 0.15) is 23.3 Å². The van der Waals surface area contributed by atoms with Crippen LogP contribution in [0, 0.1) is 19.8 Å². The third-order valence-corrected chi connectivity index (χ3v) is 6.84. The van der Waals surface area contributed by atoms with Gasteiger partial charge in [-0.1, -0.05) is 0 Å². The zero-order chi connectivity index (χ0) is 21.3. The average Bonchev–Trinajstić information content (AvgIpc) is 3.07. The lowest BCUT2D eigenvalue weighted by Crippen LogP contribution is -2.38. The molecule has 0 aliphatic carbocycles. The van der Waals surface area contributed by atoms with Gasteiger partial charge in [0.1, 0.15) is 28.5 Å². The molecule has 30 heavy (non-hydrogen) atoms. The summed E-state index contributed by atoms with van der Waals surface area (Å²) in [5.41, 5.74) is 1.93. The van der Waals surface area contributed by atoms with Gasteiger partial charge in [0.25, 0.3) is 0 Å². The molecule has 7 nitrogen and oxygen atoms in total. The van der Waals surface area contributed by atoms with Crippen LogP contribution in [0.15, 0.2) is 24.5 Å². The summed E-state index contributed by atoms with van der Waals surface area (Å²) in [4.78, 5) is 26.4. The number of piperidine rings is 1.